The van der Waals surface area contributed by atoms with Crippen LogP contribution in [0.5, 0.6) is 0 Å². The number of esters is 1. The number of amides is 1. The van der Waals surface area contributed by atoms with Gasteiger partial charge in [0.15, 0.2) is 0 Å². The van der Waals surface area contributed by atoms with Crippen LogP contribution in [0.15, 0.2) is 42.5 Å². The van der Waals surface area contributed by atoms with E-state index in [1.54, 1.807) is 6.92 Å². The fourth-order valence-electron chi connectivity index (χ4n) is 5.09. The molecular weight excluding hydrogens is 412 g/mol. The summed E-state index contributed by atoms with van der Waals surface area (Å²) in [7, 11) is 0. The minimum atomic E-state index is -0.545. The van der Waals surface area contributed by atoms with Gasteiger partial charge in [0.25, 0.3) is 0 Å². The van der Waals surface area contributed by atoms with Gasteiger partial charge in [0.05, 0.1) is 0 Å². The van der Waals surface area contributed by atoms with E-state index in [1.165, 1.54) is 0 Å². The summed E-state index contributed by atoms with van der Waals surface area (Å²) in [4.78, 5) is 27.9. The molecule has 0 radical (unpaired) electrons. The Bertz CT molecular complexity index is 780. The fourth-order valence-corrected chi connectivity index (χ4v) is 5.09. The summed E-state index contributed by atoms with van der Waals surface area (Å²) in [6, 6.07) is 9.89. The molecule has 1 amide bonds. The lowest BCUT2D eigenvalue weighted by molar-refractivity contribution is -0.161. The maximum absolute atomic E-state index is 13.4. The van der Waals surface area contributed by atoms with Crippen molar-refractivity contribution in [1.82, 2.24) is 10.2 Å². The number of carbonyl (C=O) groups excluding carboxylic acids is 2. The third-order valence-corrected chi connectivity index (χ3v) is 6.59. The molecule has 0 saturated carbocycles. The predicted octanol–water partition coefficient (Wildman–Crippen LogP) is 5.49. The number of carbonyl (C=O) groups is 2. The molecule has 1 fully saturated rings. The first-order valence-corrected chi connectivity index (χ1v) is 12.5. The molecule has 0 aromatic heterocycles. The zero-order valence-corrected chi connectivity index (χ0v) is 21.6. The Morgan fingerprint density at radius 3 is 2.33 bits per heavy atom. The zero-order valence-electron chi connectivity index (χ0n) is 21.6. The number of hydrogen-bond acceptors (Lipinski definition) is 4. The summed E-state index contributed by atoms with van der Waals surface area (Å²) in [5.41, 5.74) is 0.609. The quantitative estimate of drug-likeness (QED) is 0.373. The van der Waals surface area contributed by atoms with Crippen molar-refractivity contribution >= 4 is 11.9 Å². The van der Waals surface area contributed by atoms with Gasteiger partial charge in [0.1, 0.15) is 11.6 Å². The molecule has 0 bridgehead atoms. The zero-order chi connectivity index (χ0) is 24.6. The average Bonchev–Trinajstić information content (AvgIpc) is 3.08. The smallest absolute Gasteiger partial charge is 0.323 e. The lowest BCUT2D eigenvalue weighted by Crippen LogP contribution is -2.54. The van der Waals surface area contributed by atoms with Gasteiger partial charge in [0.2, 0.25) is 5.91 Å². The third-order valence-electron chi connectivity index (χ3n) is 6.59. The monoisotopic (exact) mass is 456 g/mol. The van der Waals surface area contributed by atoms with E-state index in [9.17, 15) is 9.59 Å². The highest BCUT2D eigenvalue weighted by Gasteiger charge is 2.48. The van der Waals surface area contributed by atoms with Crippen molar-refractivity contribution in [3.8, 4) is 0 Å². The minimum absolute atomic E-state index is 0.0171. The van der Waals surface area contributed by atoms with Crippen LogP contribution in [-0.2, 0) is 20.9 Å². The third kappa shape index (κ3) is 7.99. The summed E-state index contributed by atoms with van der Waals surface area (Å²) in [5.74, 6) is 0.472. The van der Waals surface area contributed by atoms with Crippen molar-refractivity contribution in [2.45, 2.75) is 104 Å². The number of rotatable bonds is 10. The lowest BCUT2D eigenvalue weighted by atomic mass is 9.85. The summed E-state index contributed by atoms with van der Waals surface area (Å²) in [6.45, 7) is 14.4. The van der Waals surface area contributed by atoms with E-state index in [0.29, 0.717) is 18.9 Å². The molecule has 4 atom stereocenters. The van der Waals surface area contributed by atoms with E-state index in [-0.39, 0.29) is 35.9 Å². The Hall–Kier alpha value is -2.14. The molecule has 5 nitrogen and oxygen atoms in total. The van der Waals surface area contributed by atoms with Gasteiger partial charge in [-0.3, -0.25) is 14.5 Å². The number of ether oxygens (including phenoxy) is 1. The molecule has 5 heteroatoms. The number of likely N-dealkylation sites (tertiary alicyclic amines) is 1. The normalized spacial score (nSPS) is 22.6. The highest BCUT2D eigenvalue weighted by Crippen LogP contribution is 2.38. The molecule has 0 spiro atoms. The van der Waals surface area contributed by atoms with Gasteiger partial charge >= 0.3 is 5.97 Å². The highest BCUT2D eigenvalue weighted by atomic mass is 16.6. The minimum Gasteiger partial charge on any atom is -0.459 e. The largest absolute Gasteiger partial charge is 0.459 e. The van der Waals surface area contributed by atoms with Crippen LogP contribution in [0.1, 0.15) is 79.7 Å². The second kappa shape index (κ2) is 12.4. The molecule has 184 valence electrons. The molecule has 0 aliphatic carbocycles. The van der Waals surface area contributed by atoms with Crippen molar-refractivity contribution in [3.05, 3.63) is 48.0 Å². The number of nitrogens with zero attached hydrogens (tertiary/aromatic N) is 1. The van der Waals surface area contributed by atoms with Crippen molar-refractivity contribution < 1.29 is 14.3 Å². The van der Waals surface area contributed by atoms with E-state index in [1.807, 2.05) is 45.9 Å². The van der Waals surface area contributed by atoms with E-state index in [0.717, 1.165) is 24.8 Å². The van der Waals surface area contributed by atoms with Crippen LogP contribution in [0.4, 0.5) is 0 Å². The van der Waals surface area contributed by atoms with Gasteiger partial charge in [-0.25, -0.2) is 0 Å². The lowest BCUT2D eigenvalue weighted by Gasteiger charge is -2.38. The van der Waals surface area contributed by atoms with E-state index >= 15 is 0 Å². The van der Waals surface area contributed by atoms with Crippen LogP contribution in [0.3, 0.4) is 0 Å². The van der Waals surface area contributed by atoms with Crippen LogP contribution in [-0.4, -0.2) is 40.5 Å². The SMILES string of the molecule is C/C=C/[C@@H]1C[C@H](C(=O)OC(C)(C)C)N(Cc2ccccc2)[C@H]1[C@H](CC(CC)CC)NC(C)=O. The van der Waals surface area contributed by atoms with Gasteiger partial charge in [-0.05, 0) is 57.9 Å². The van der Waals surface area contributed by atoms with Gasteiger partial charge in [-0.15, -0.1) is 0 Å². The maximum Gasteiger partial charge on any atom is 0.323 e. The molecule has 1 saturated heterocycles. The number of hydrogen-bond donors (Lipinski definition) is 1. The molecule has 1 N–H and O–H groups in total. The number of nitrogens with one attached hydrogen (secondary N) is 1. The Kier molecular flexibility index (Phi) is 10.2. The standard InChI is InChI=1S/C28H44N2O3/c1-8-14-23-18-25(27(32)33-28(5,6)7)30(19-22-15-12-11-13-16-22)26(23)24(29-20(4)31)17-21(9-2)10-3/h8,11-16,21,23-26H,9-10,17-19H2,1-7H3,(H,29,31)/b14-8+/t23-,24+,25-,26-/m1/s1. The second-order valence-corrected chi connectivity index (χ2v) is 10.3. The maximum atomic E-state index is 13.4. The Labute approximate surface area is 201 Å². The van der Waals surface area contributed by atoms with Crippen LogP contribution >= 0.6 is 0 Å². The van der Waals surface area contributed by atoms with Crippen molar-refractivity contribution in [2.24, 2.45) is 11.8 Å². The van der Waals surface area contributed by atoms with Crippen molar-refractivity contribution in [2.75, 3.05) is 0 Å². The number of allylic oxidation sites excluding steroid dienone is 1. The van der Waals surface area contributed by atoms with Crippen molar-refractivity contribution in [3.63, 3.8) is 0 Å². The molecule has 0 unspecified atom stereocenters. The summed E-state index contributed by atoms with van der Waals surface area (Å²) >= 11 is 0. The topological polar surface area (TPSA) is 58.6 Å². The predicted molar refractivity (Wildman–Crippen MR) is 135 cm³/mol. The van der Waals surface area contributed by atoms with Gasteiger partial charge in [-0.2, -0.15) is 0 Å². The Morgan fingerprint density at radius 2 is 1.82 bits per heavy atom. The van der Waals surface area contributed by atoms with Gasteiger partial charge in [0, 0.05) is 25.6 Å². The van der Waals surface area contributed by atoms with Crippen LogP contribution < -0.4 is 5.32 Å². The molecule has 1 aliphatic rings. The molecular formula is C28H44N2O3. The van der Waals surface area contributed by atoms with E-state index in [4.69, 9.17) is 4.74 Å². The average molecular weight is 457 g/mol. The summed E-state index contributed by atoms with van der Waals surface area (Å²) < 4.78 is 5.86. The molecule has 1 aliphatic heterocycles. The van der Waals surface area contributed by atoms with Crippen LogP contribution in [0, 0.1) is 11.8 Å². The van der Waals surface area contributed by atoms with Gasteiger partial charge in [-0.1, -0.05) is 69.2 Å². The molecule has 1 heterocycles. The Balaban J connectivity index is 2.50. The van der Waals surface area contributed by atoms with E-state index < -0.39 is 5.60 Å². The summed E-state index contributed by atoms with van der Waals surface area (Å²) in [6.07, 6.45) is 8.00. The molecule has 1 aromatic carbocycles. The second-order valence-electron chi connectivity index (χ2n) is 10.3. The summed E-state index contributed by atoms with van der Waals surface area (Å²) in [5, 5.41) is 3.27. The first-order valence-electron chi connectivity index (χ1n) is 12.5. The molecule has 1 aromatic rings. The number of benzene rings is 1. The Morgan fingerprint density at radius 1 is 1.18 bits per heavy atom. The first kappa shape index (κ1) is 27.1. The van der Waals surface area contributed by atoms with Gasteiger partial charge < -0.3 is 10.1 Å². The highest BCUT2D eigenvalue weighted by molar-refractivity contribution is 5.77. The van der Waals surface area contributed by atoms with E-state index in [2.05, 4.69) is 48.3 Å². The fraction of sp³-hybridized carbons (Fsp3) is 0.643. The first-order chi connectivity index (χ1) is 15.6. The molecule has 33 heavy (non-hydrogen) atoms. The van der Waals surface area contributed by atoms with Crippen LogP contribution in [0.25, 0.3) is 0 Å². The van der Waals surface area contributed by atoms with Crippen LogP contribution in [0.2, 0.25) is 0 Å². The molecule has 2 rings (SSSR count). The van der Waals surface area contributed by atoms with Crippen molar-refractivity contribution in [1.29, 1.82) is 0 Å².